The van der Waals surface area contributed by atoms with Crippen LogP contribution in [0.15, 0.2) is 39.5 Å². The van der Waals surface area contributed by atoms with Gasteiger partial charge in [-0.2, -0.15) is 5.10 Å². The van der Waals surface area contributed by atoms with Crippen molar-refractivity contribution in [3.05, 3.63) is 35.4 Å². The third-order valence-electron chi connectivity index (χ3n) is 2.36. The van der Waals surface area contributed by atoms with Crippen molar-refractivity contribution in [3.63, 3.8) is 0 Å². The standard InChI is InChI=1S/C13H20N6/c1-2-3-7-17-12(14)11-6-4-5-10(8-11)9-18-19-13(15)16/h4-6,8-9H,2-3,7H2,1H3,(H2,14,17)(H4,15,16,19)/b18-9+. The number of hydrogen-bond acceptors (Lipinski definition) is 3. The van der Waals surface area contributed by atoms with Gasteiger partial charge in [0.1, 0.15) is 5.84 Å². The Hall–Kier alpha value is -2.37. The minimum atomic E-state index is -0.0759. The molecule has 6 N–H and O–H groups in total. The molecule has 0 bridgehead atoms. The summed E-state index contributed by atoms with van der Waals surface area (Å²) in [7, 11) is 0. The second-order valence-corrected chi connectivity index (χ2v) is 4.02. The van der Waals surface area contributed by atoms with Crippen LogP contribution in [0.5, 0.6) is 0 Å². The van der Waals surface area contributed by atoms with Gasteiger partial charge in [0.25, 0.3) is 0 Å². The minimum absolute atomic E-state index is 0.0759. The van der Waals surface area contributed by atoms with Gasteiger partial charge in [-0.15, -0.1) is 5.10 Å². The van der Waals surface area contributed by atoms with Gasteiger partial charge in [0.2, 0.25) is 5.96 Å². The number of aliphatic imine (C=N–C) groups is 1. The SMILES string of the molecule is CCCCN=C(N)c1cccc(/C=N/N=C(N)N)c1. The maximum Gasteiger partial charge on any atom is 0.211 e. The summed E-state index contributed by atoms with van der Waals surface area (Å²) in [5, 5.41) is 7.28. The molecule has 6 nitrogen and oxygen atoms in total. The lowest BCUT2D eigenvalue weighted by molar-refractivity contribution is 0.807. The van der Waals surface area contributed by atoms with E-state index in [0.717, 1.165) is 30.5 Å². The Morgan fingerprint density at radius 3 is 2.74 bits per heavy atom. The number of unbranched alkanes of at least 4 members (excludes halogenated alkanes) is 1. The summed E-state index contributed by atoms with van der Waals surface area (Å²) in [5.41, 5.74) is 18.0. The number of nitrogens with two attached hydrogens (primary N) is 3. The summed E-state index contributed by atoms with van der Waals surface area (Å²) in [6.45, 7) is 2.86. The molecule has 0 saturated carbocycles. The minimum Gasteiger partial charge on any atom is -0.384 e. The van der Waals surface area contributed by atoms with Crippen molar-refractivity contribution in [1.82, 2.24) is 0 Å². The van der Waals surface area contributed by atoms with Crippen molar-refractivity contribution in [1.29, 1.82) is 0 Å². The quantitative estimate of drug-likeness (QED) is 0.304. The summed E-state index contributed by atoms with van der Waals surface area (Å²) in [5.74, 6) is 0.457. The molecular weight excluding hydrogens is 240 g/mol. The zero-order chi connectivity index (χ0) is 14.1. The van der Waals surface area contributed by atoms with Crippen molar-refractivity contribution in [2.75, 3.05) is 6.54 Å². The van der Waals surface area contributed by atoms with Crippen LogP contribution in [0.3, 0.4) is 0 Å². The fourth-order valence-electron chi connectivity index (χ4n) is 1.39. The van der Waals surface area contributed by atoms with Crippen molar-refractivity contribution in [2.24, 2.45) is 32.4 Å². The highest BCUT2D eigenvalue weighted by atomic mass is 15.3. The highest BCUT2D eigenvalue weighted by molar-refractivity contribution is 5.99. The molecule has 102 valence electrons. The molecule has 0 aliphatic carbocycles. The molecule has 19 heavy (non-hydrogen) atoms. The second-order valence-electron chi connectivity index (χ2n) is 4.02. The molecule has 1 aromatic carbocycles. The predicted molar refractivity (Wildman–Crippen MR) is 80.3 cm³/mol. The molecule has 6 heteroatoms. The molecule has 0 fully saturated rings. The van der Waals surface area contributed by atoms with Gasteiger partial charge in [-0.3, -0.25) is 4.99 Å². The molecule has 0 saturated heterocycles. The van der Waals surface area contributed by atoms with Crippen molar-refractivity contribution < 1.29 is 0 Å². The van der Waals surface area contributed by atoms with Crippen LogP contribution in [0.1, 0.15) is 30.9 Å². The number of nitrogens with zero attached hydrogens (tertiary/aromatic N) is 3. The van der Waals surface area contributed by atoms with Crippen LogP contribution < -0.4 is 17.2 Å². The van der Waals surface area contributed by atoms with E-state index in [9.17, 15) is 0 Å². The number of rotatable bonds is 6. The highest BCUT2D eigenvalue weighted by Crippen LogP contribution is 2.04. The molecule has 0 aromatic heterocycles. The molecule has 0 aliphatic rings. The fraction of sp³-hybridized carbons (Fsp3) is 0.308. The first-order chi connectivity index (χ1) is 9.13. The molecule has 0 amide bonds. The van der Waals surface area contributed by atoms with Crippen molar-refractivity contribution in [3.8, 4) is 0 Å². The summed E-state index contributed by atoms with van der Waals surface area (Å²) >= 11 is 0. The Kier molecular flexibility index (Phi) is 6.08. The topological polar surface area (TPSA) is 115 Å². The highest BCUT2D eigenvalue weighted by Gasteiger charge is 1.98. The van der Waals surface area contributed by atoms with E-state index < -0.39 is 0 Å². The van der Waals surface area contributed by atoms with Gasteiger partial charge in [-0.1, -0.05) is 31.5 Å². The Balaban J connectivity index is 2.79. The van der Waals surface area contributed by atoms with Gasteiger partial charge >= 0.3 is 0 Å². The molecule has 0 radical (unpaired) electrons. The van der Waals surface area contributed by atoms with Gasteiger partial charge in [0.05, 0.1) is 6.21 Å². The number of benzene rings is 1. The van der Waals surface area contributed by atoms with Crippen LogP contribution in [0, 0.1) is 0 Å². The van der Waals surface area contributed by atoms with E-state index in [1.54, 1.807) is 6.21 Å². The Morgan fingerprint density at radius 2 is 2.05 bits per heavy atom. The van der Waals surface area contributed by atoms with E-state index in [4.69, 9.17) is 17.2 Å². The summed E-state index contributed by atoms with van der Waals surface area (Å²) in [4.78, 5) is 4.32. The monoisotopic (exact) mass is 260 g/mol. The molecule has 0 heterocycles. The summed E-state index contributed by atoms with van der Waals surface area (Å²) in [6.07, 6.45) is 3.69. The number of guanidine groups is 1. The van der Waals surface area contributed by atoms with Crippen LogP contribution in [-0.4, -0.2) is 24.6 Å². The smallest absolute Gasteiger partial charge is 0.211 e. The molecule has 0 spiro atoms. The summed E-state index contributed by atoms with van der Waals surface area (Å²) in [6, 6.07) is 7.56. The lowest BCUT2D eigenvalue weighted by Gasteiger charge is -2.02. The van der Waals surface area contributed by atoms with Gasteiger partial charge in [-0.05, 0) is 18.1 Å². The zero-order valence-electron chi connectivity index (χ0n) is 11.1. The Bertz CT molecular complexity index is 486. The van der Waals surface area contributed by atoms with Crippen LogP contribution in [0.25, 0.3) is 0 Å². The van der Waals surface area contributed by atoms with Crippen molar-refractivity contribution in [2.45, 2.75) is 19.8 Å². The fourth-order valence-corrected chi connectivity index (χ4v) is 1.39. The first-order valence-corrected chi connectivity index (χ1v) is 6.15. The van der Waals surface area contributed by atoms with E-state index in [1.165, 1.54) is 0 Å². The molecule has 0 unspecified atom stereocenters. The predicted octanol–water partition coefficient (Wildman–Crippen LogP) is 0.799. The molecule has 0 atom stereocenters. The maximum atomic E-state index is 5.92. The third kappa shape index (κ3) is 5.67. The van der Waals surface area contributed by atoms with E-state index in [0.29, 0.717) is 5.84 Å². The average molecular weight is 260 g/mol. The van der Waals surface area contributed by atoms with Crippen LogP contribution in [0.4, 0.5) is 0 Å². The van der Waals surface area contributed by atoms with Gasteiger partial charge in [-0.25, -0.2) is 0 Å². The second kappa shape index (κ2) is 7.86. The molecule has 1 rings (SSSR count). The van der Waals surface area contributed by atoms with E-state index in [1.807, 2.05) is 24.3 Å². The van der Waals surface area contributed by atoms with Gasteiger partial charge < -0.3 is 17.2 Å². The van der Waals surface area contributed by atoms with Crippen molar-refractivity contribution >= 4 is 18.0 Å². The van der Waals surface area contributed by atoms with E-state index in [2.05, 4.69) is 22.1 Å². The molecule has 0 aliphatic heterocycles. The van der Waals surface area contributed by atoms with E-state index in [-0.39, 0.29) is 5.96 Å². The lowest BCUT2D eigenvalue weighted by atomic mass is 10.1. The Labute approximate surface area is 113 Å². The van der Waals surface area contributed by atoms with Gasteiger partial charge in [0.15, 0.2) is 0 Å². The van der Waals surface area contributed by atoms with Crippen LogP contribution in [0.2, 0.25) is 0 Å². The largest absolute Gasteiger partial charge is 0.384 e. The summed E-state index contributed by atoms with van der Waals surface area (Å²) < 4.78 is 0. The zero-order valence-corrected chi connectivity index (χ0v) is 11.1. The normalized spacial score (nSPS) is 11.7. The lowest BCUT2D eigenvalue weighted by Crippen LogP contribution is -2.21. The average Bonchev–Trinajstić information content (AvgIpc) is 2.39. The number of hydrogen-bond donors (Lipinski definition) is 3. The molecular formula is C13H20N6. The maximum absolute atomic E-state index is 5.92. The van der Waals surface area contributed by atoms with Crippen LogP contribution in [-0.2, 0) is 0 Å². The first kappa shape index (κ1) is 14.7. The Morgan fingerprint density at radius 1 is 1.26 bits per heavy atom. The van der Waals surface area contributed by atoms with E-state index >= 15 is 0 Å². The molecule has 1 aromatic rings. The van der Waals surface area contributed by atoms with Gasteiger partial charge in [0, 0.05) is 12.1 Å². The third-order valence-corrected chi connectivity index (χ3v) is 2.36. The van der Waals surface area contributed by atoms with Crippen LogP contribution >= 0.6 is 0 Å². The number of amidine groups is 1. The first-order valence-electron chi connectivity index (χ1n) is 6.15.